The summed E-state index contributed by atoms with van der Waals surface area (Å²) < 4.78 is 58.8. The van der Waals surface area contributed by atoms with Gasteiger partial charge in [0.2, 0.25) is 11.8 Å². The molecule has 0 saturated carbocycles. The molecule has 1 aromatic heterocycles. The lowest BCUT2D eigenvalue weighted by molar-refractivity contribution is -0.137. The van der Waals surface area contributed by atoms with E-state index >= 15 is 4.39 Å². The van der Waals surface area contributed by atoms with E-state index in [0.717, 1.165) is 92.3 Å². The molecule has 8 rings (SSSR count). The van der Waals surface area contributed by atoms with Crippen LogP contribution in [0.1, 0.15) is 61.1 Å². The molecule has 57 heavy (non-hydrogen) atoms. The molecule has 0 radical (unpaired) electrons. The molecule has 14 heteroatoms. The zero-order valence-corrected chi connectivity index (χ0v) is 32.6. The molecule has 3 aromatic carbocycles. The van der Waals surface area contributed by atoms with E-state index in [9.17, 15) is 27.6 Å². The van der Waals surface area contributed by atoms with Crippen molar-refractivity contribution in [2.75, 3.05) is 72.9 Å². The van der Waals surface area contributed by atoms with Crippen LogP contribution in [0.15, 0.2) is 59.4 Å². The number of likely N-dealkylation sites (tertiary alicyclic amines) is 1. The summed E-state index contributed by atoms with van der Waals surface area (Å²) in [5, 5.41) is 6.21. The number of anilines is 5. The number of nitrogens with one attached hydrogen (secondary N) is 2. The van der Waals surface area contributed by atoms with E-state index in [-0.39, 0.29) is 29.6 Å². The fourth-order valence-corrected chi connectivity index (χ4v) is 9.22. The van der Waals surface area contributed by atoms with Crippen molar-refractivity contribution in [2.24, 2.45) is 13.0 Å². The van der Waals surface area contributed by atoms with Gasteiger partial charge in [-0.25, -0.2) is 4.39 Å². The molecule has 302 valence electrons. The molecule has 0 spiro atoms. The highest BCUT2D eigenvalue weighted by atomic mass is 19.4. The summed E-state index contributed by atoms with van der Waals surface area (Å²) in [5.41, 5.74) is 4.78. The molecule has 4 aromatic rings. The number of amides is 2. The van der Waals surface area contributed by atoms with Gasteiger partial charge in [-0.05, 0) is 124 Å². The van der Waals surface area contributed by atoms with Crippen LogP contribution >= 0.6 is 0 Å². The summed E-state index contributed by atoms with van der Waals surface area (Å²) in [6.45, 7) is 7.19. The first-order valence-corrected chi connectivity index (χ1v) is 19.9. The third kappa shape index (κ3) is 7.80. The van der Waals surface area contributed by atoms with Crippen molar-refractivity contribution in [1.82, 2.24) is 14.8 Å². The lowest BCUT2D eigenvalue weighted by Gasteiger charge is -2.39. The first kappa shape index (κ1) is 38.7. The molecule has 1 atom stereocenters. The Hall–Kier alpha value is -5.11. The molecule has 1 unspecified atom stereocenters. The Morgan fingerprint density at radius 2 is 1.53 bits per heavy atom. The van der Waals surface area contributed by atoms with E-state index in [1.165, 1.54) is 12.1 Å². The number of imide groups is 1. The number of benzene rings is 3. The van der Waals surface area contributed by atoms with Gasteiger partial charge in [0, 0.05) is 69.9 Å². The summed E-state index contributed by atoms with van der Waals surface area (Å²) in [7, 11) is 3.66. The number of rotatable bonds is 7. The Morgan fingerprint density at radius 1 is 0.789 bits per heavy atom. The van der Waals surface area contributed by atoms with Gasteiger partial charge < -0.3 is 29.5 Å². The molecule has 4 aliphatic heterocycles. The average molecular weight is 788 g/mol. The largest absolute Gasteiger partial charge is 0.416 e. The number of nitrogens with zero attached hydrogens (tertiary/aromatic N) is 5. The van der Waals surface area contributed by atoms with E-state index in [1.807, 2.05) is 22.9 Å². The summed E-state index contributed by atoms with van der Waals surface area (Å²) in [6.07, 6.45) is -0.124. The van der Waals surface area contributed by atoms with Crippen LogP contribution in [0.25, 0.3) is 10.9 Å². The normalized spacial score (nSPS) is 20.3. The van der Waals surface area contributed by atoms with Gasteiger partial charge in [0.05, 0.1) is 33.8 Å². The van der Waals surface area contributed by atoms with Crippen LogP contribution in [0, 0.1) is 18.7 Å². The zero-order valence-electron chi connectivity index (χ0n) is 32.6. The van der Waals surface area contributed by atoms with Gasteiger partial charge in [-0.3, -0.25) is 19.7 Å². The molecule has 5 heterocycles. The number of likely N-dealkylation sites (N-methyl/N-ethyl adjacent to an activating group) is 1. The van der Waals surface area contributed by atoms with Crippen LogP contribution in [0.5, 0.6) is 0 Å². The number of alkyl halides is 3. The standard InChI is InChI=1S/C43H49F4N7O3/c1-26-20-32-37(51(3)42(26)57)21-29(22-38(32)54-19-18-50(2)36-7-4-30(23-39(36)54)43(45,46)47)28-12-14-52(15-13-28)25-27-10-16-53(17-11-27)35-8-5-31(24-33(35)44)48-34-6-9-40(55)49-41(34)56/h4-5,7-8,20-24,27-28,34,48H,6,9-19,25H2,1-3H3,(H,49,55,56). The third-order valence-corrected chi connectivity index (χ3v) is 12.5. The topological polar surface area (TPSA) is 93.2 Å². The molecule has 3 saturated heterocycles. The molecule has 0 aliphatic carbocycles. The smallest absolute Gasteiger partial charge is 0.374 e. The highest BCUT2D eigenvalue weighted by Gasteiger charge is 2.34. The molecule has 0 bridgehead atoms. The van der Waals surface area contributed by atoms with Crippen LogP contribution in [0.3, 0.4) is 0 Å². The third-order valence-electron chi connectivity index (χ3n) is 12.5. The number of hydrogen-bond donors (Lipinski definition) is 2. The first-order valence-electron chi connectivity index (χ1n) is 19.9. The van der Waals surface area contributed by atoms with Gasteiger partial charge in [-0.2, -0.15) is 13.2 Å². The van der Waals surface area contributed by atoms with Gasteiger partial charge in [-0.1, -0.05) is 0 Å². The second kappa shape index (κ2) is 15.3. The van der Waals surface area contributed by atoms with Gasteiger partial charge in [-0.15, -0.1) is 0 Å². The number of pyridine rings is 1. The van der Waals surface area contributed by atoms with Crippen LogP contribution < -0.4 is 30.9 Å². The van der Waals surface area contributed by atoms with Crippen LogP contribution in [0.2, 0.25) is 0 Å². The van der Waals surface area contributed by atoms with Gasteiger partial charge in [0.1, 0.15) is 11.9 Å². The maximum Gasteiger partial charge on any atom is 0.416 e. The number of piperidine rings is 3. The van der Waals surface area contributed by atoms with Crippen molar-refractivity contribution >= 4 is 51.2 Å². The fraction of sp³-hybridized carbons (Fsp3) is 0.465. The zero-order chi connectivity index (χ0) is 40.2. The van der Waals surface area contributed by atoms with Gasteiger partial charge in [0.25, 0.3) is 5.56 Å². The van der Waals surface area contributed by atoms with Crippen molar-refractivity contribution in [1.29, 1.82) is 0 Å². The SMILES string of the molecule is Cc1cc2c(N3CCN(C)c4ccc(C(F)(F)F)cc43)cc(C3CCN(CC4CCN(c5ccc(NC6CCC(=O)NC6=O)cc5F)CC4)CC3)cc2n(C)c1=O. The Labute approximate surface area is 329 Å². The molecular weight excluding hydrogens is 739 g/mol. The van der Waals surface area contributed by atoms with E-state index in [2.05, 4.69) is 32.6 Å². The van der Waals surface area contributed by atoms with Crippen LogP contribution in [-0.2, 0) is 22.8 Å². The predicted octanol–water partition coefficient (Wildman–Crippen LogP) is 6.91. The highest BCUT2D eigenvalue weighted by Crippen LogP contribution is 2.45. The second-order valence-corrected chi connectivity index (χ2v) is 16.3. The lowest BCUT2D eigenvalue weighted by atomic mass is 9.87. The minimum absolute atomic E-state index is 0.0915. The minimum Gasteiger partial charge on any atom is -0.374 e. The fourth-order valence-electron chi connectivity index (χ4n) is 9.22. The van der Waals surface area contributed by atoms with E-state index in [0.29, 0.717) is 48.1 Å². The Morgan fingerprint density at radius 3 is 2.23 bits per heavy atom. The maximum absolute atomic E-state index is 15.3. The van der Waals surface area contributed by atoms with Crippen molar-refractivity contribution in [3.05, 3.63) is 87.5 Å². The molecule has 4 aliphatic rings. The van der Waals surface area contributed by atoms with Crippen LogP contribution in [-0.4, -0.2) is 80.2 Å². The van der Waals surface area contributed by atoms with Gasteiger partial charge >= 0.3 is 6.18 Å². The van der Waals surface area contributed by atoms with Gasteiger partial charge in [0.15, 0.2) is 0 Å². The highest BCUT2D eigenvalue weighted by molar-refractivity contribution is 6.01. The predicted molar refractivity (Wildman–Crippen MR) is 215 cm³/mol. The summed E-state index contributed by atoms with van der Waals surface area (Å²) >= 11 is 0. The summed E-state index contributed by atoms with van der Waals surface area (Å²) in [4.78, 5) is 45.4. The van der Waals surface area contributed by atoms with Crippen molar-refractivity contribution in [2.45, 2.75) is 63.6 Å². The van der Waals surface area contributed by atoms with E-state index in [4.69, 9.17) is 0 Å². The number of aryl methyl sites for hydroxylation is 2. The van der Waals surface area contributed by atoms with Crippen molar-refractivity contribution in [3.8, 4) is 0 Å². The number of carbonyl (C=O) groups excluding carboxylic acids is 2. The number of fused-ring (bicyclic) bond motifs is 2. The Balaban J connectivity index is 0.937. The minimum atomic E-state index is -4.48. The molecule has 3 fully saturated rings. The van der Waals surface area contributed by atoms with Crippen molar-refractivity contribution in [3.63, 3.8) is 0 Å². The summed E-state index contributed by atoms with van der Waals surface area (Å²) in [5.74, 6) is -0.319. The summed E-state index contributed by atoms with van der Waals surface area (Å²) in [6, 6.07) is 14.5. The molecule has 10 nitrogen and oxygen atoms in total. The number of hydrogen-bond acceptors (Lipinski definition) is 8. The first-order chi connectivity index (χ1) is 27.2. The monoisotopic (exact) mass is 787 g/mol. The quantitative estimate of drug-likeness (QED) is 0.155. The van der Waals surface area contributed by atoms with Crippen molar-refractivity contribution < 1.29 is 27.2 Å². The molecular formula is C43H49F4N7O3. The molecule has 2 amide bonds. The van der Waals surface area contributed by atoms with Crippen LogP contribution in [0.4, 0.5) is 46.0 Å². The average Bonchev–Trinajstić information content (AvgIpc) is 3.18. The Bertz CT molecular complexity index is 2260. The van der Waals surface area contributed by atoms with E-state index < -0.39 is 23.7 Å². The number of carbonyl (C=O) groups is 2. The second-order valence-electron chi connectivity index (χ2n) is 16.3. The lowest BCUT2D eigenvalue weighted by Crippen LogP contribution is -2.47. The van der Waals surface area contributed by atoms with E-state index in [1.54, 1.807) is 36.7 Å². The maximum atomic E-state index is 15.3. The Kier molecular flexibility index (Phi) is 10.4. The molecule has 2 N–H and O–H groups in total. The number of halogens is 4. The number of aromatic nitrogens is 1.